The van der Waals surface area contributed by atoms with Gasteiger partial charge in [-0.25, -0.2) is 14.4 Å². The Kier molecular flexibility index (Phi) is 37.2. The maximum atomic E-state index is 12.2. The van der Waals surface area contributed by atoms with E-state index >= 15 is 0 Å². The Balaban J connectivity index is 0.000000240. The van der Waals surface area contributed by atoms with Crippen LogP contribution in [0.3, 0.4) is 0 Å². The smallest absolute Gasteiger partial charge is 0.330 e. The van der Waals surface area contributed by atoms with Gasteiger partial charge in [-0.15, -0.1) is 65.9 Å². The summed E-state index contributed by atoms with van der Waals surface area (Å²) in [6.07, 6.45) is 20.0. The lowest BCUT2D eigenvalue weighted by Gasteiger charge is -2.34. The Morgan fingerprint density at radius 2 is 0.685 bits per heavy atom. The summed E-state index contributed by atoms with van der Waals surface area (Å²) < 4.78 is 31.7. The van der Waals surface area contributed by atoms with Gasteiger partial charge in [0.05, 0.1) is 59.2 Å². The average molecular weight is 1840 g/mol. The lowest BCUT2D eigenvalue weighted by atomic mass is 10.1. The number of amides is 2. The summed E-state index contributed by atoms with van der Waals surface area (Å²) >= 11 is 0. The predicted octanol–water partition coefficient (Wildman–Crippen LogP) is -0.0240. The minimum Gasteiger partial charge on any atom is -0.388 e. The summed E-state index contributed by atoms with van der Waals surface area (Å²) in [5.74, 6) is -1.60. The molecule has 15 N–H and O–H groups in total. The zero-order valence-electron chi connectivity index (χ0n) is 72.6. The van der Waals surface area contributed by atoms with Crippen molar-refractivity contribution in [2.24, 2.45) is 0 Å². The molecule has 37 nitrogen and oxygen atoms in total. The number of rotatable bonds is 28. The first kappa shape index (κ1) is 105. The van der Waals surface area contributed by atoms with Gasteiger partial charge in [-0.1, -0.05) is 25.8 Å². The van der Waals surface area contributed by atoms with Crippen molar-refractivity contribution in [2.45, 2.75) is 189 Å². The van der Waals surface area contributed by atoms with E-state index in [4.69, 9.17) is 23.7 Å². The maximum Gasteiger partial charge on any atom is 0.330 e. The van der Waals surface area contributed by atoms with Crippen molar-refractivity contribution in [2.75, 3.05) is 97.5 Å². The molecule has 42 heteroatoms. The number of nitrogens with one attached hydrogen (secondary N) is 5. The second kappa shape index (κ2) is 43.9. The molecule has 20 atom stereocenters. The molecular formula is C82H125N10O27P5. The number of H-pyrrole nitrogens is 3. The molecule has 124 heavy (non-hydrogen) atoms. The van der Waals surface area contributed by atoms with Crippen LogP contribution < -0.4 is 44.4 Å². The molecule has 0 bridgehead atoms. The molecule has 0 aromatic carbocycles. The van der Waals surface area contributed by atoms with Crippen LogP contribution in [-0.4, -0.2) is 357 Å². The summed E-state index contributed by atoms with van der Waals surface area (Å²) in [6.45, 7) is 30.9. The SMILES string of the molecule is C=C1NC(=O)C(C)=CN1C1O[C@H](CCP(=C)(C)C)[C@@H](O)[C@H]1O.C=CC1=CN(C2O[C@H](CCP(=C)(C)C)[C@@H](O)[C@H]2O)C(=C)NC1=O.C=P(C)(C)CC[C@H]1OC(n2cc(/C=C/C(C)=O)c(=O)[nH]c2=O)[C@H](O)[C@@H]1O.C=P(C)(C)CC[C@H]1OC(n2cc(/C=C/C(C)=O)c(=O)[nH]c2=O)[C@H](O)[C@@H]1O.C=P(C)(C)CC[C@H]1OC(n2cc(C(=O)CC(C)=O)c(=O)[nH]c2=O)[C@H](O)[C@@H]1O. The Hall–Kier alpha value is -7.66. The molecule has 2 amide bonds. The number of hydrogen-bond acceptors (Lipinski definition) is 29. The molecule has 3 aromatic heterocycles. The van der Waals surface area contributed by atoms with Crippen LogP contribution >= 0.6 is 34.4 Å². The van der Waals surface area contributed by atoms with E-state index in [2.05, 4.69) is 125 Å². The fourth-order valence-electron chi connectivity index (χ4n) is 13.4. The number of nitrogens with zero attached hydrogens (tertiary/aromatic N) is 5. The van der Waals surface area contributed by atoms with Crippen LogP contribution in [0.2, 0.25) is 0 Å². The van der Waals surface area contributed by atoms with Gasteiger partial charge in [-0.2, -0.15) is 0 Å². The van der Waals surface area contributed by atoms with Gasteiger partial charge >= 0.3 is 17.1 Å². The number of aliphatic hydroxyl groups is 10. The number of Topliss-reactive ketones (excluding diaryl/α,β-unsaturated/α-hetero) is 2. The van der Waals surface area contributed by atoms with E-state index in [1.165, 1.54) is 74.6 Å². The van der Waals surface area contributed by atoms with Gasteiger partial charge in [-0.05, 0) is 182 Å². The van der Waals surface area contributed by atoms with Gasteiger partial charge in [0.1, 0.15) is 78.5 Å². The first-order valence-electron chi connectivity index (χ1n) is 39.6. The number of hydrogen-bond donors (Lipinski definition) is 15. The molecule has 7 aliphatic heterocycles. The summed E-state index contributed by atoms with van der Waals surface area (Å²) in [6, 6.07) is 0. The van der Waals surface area contributed by atoms with Gasteiger partial charge in [0, 0.05) is 36.6 Å². The van der Waals surface area contributed by atoms with Crippen molar-refractivity contribution in [3.8, 4) is 0 Å². The standard InChI is InChI=1S/C17H25N2O7P.2C17H25N2O6P.C16H25N2O4P.C15H25N2O4P/c1-9(20)7-11(21)10-8-19(17(25)18-15(10)24)16-14(23)13(22)12(26-16)5-6-27(2,3)4;2*1-10(20)5-6-11-9-19(17(24)18-15(11)23)16-14(22)13(21)12(25-16)7-8-26(2,3)4;1-6-11-9-18(10(2)17-15(11)21)16-14(20)13(19)12(22-16)7-8-23(3,4)5;1-9-8-17(10(2)16-14(9)20)15-13(19)12(18)11(21-15)6-7-22(3,4)5/h8,12-14,16,22-23H,2,5-7H2,1,3-4H3,(H,18,24,25);2*5-6,9,12-14,16,21-22H,2,7-8H2,1,3-4H3,(H,18,23,24);6,9,12-14,16,19-20H,1-3,7-8H2,4-5H3,(H,17,21);8,11-13,15,18-19H,2-3,6-7H2,1,4-5H3,(H,16,20)/b;2*6-5+;;/t4*12-,13-,14-,16?;11-,12-,13-,15?/m11111/s1. The second-order valence-corrected chi connectivity index (χ2v) is 56.7. The van der Waals surface area contributed by atoms with Crippen LogP contribution in [0.1, 0.15) is 106 Å². The van der Waals surface area contributed by atoms with E-state index in [1.54, 1.807) is 18.0 Å². The first-order chi connectivity index (χ1) is 57.1. The van der Waals surface area contributed by atoms with E-state index in [-0.39, 0.29) is 40.1 Å². The van der Waals surface area contributed by atoms with Gasteiger partial charge in [-0.3, -0.25) is 71.8 Å². The molecule has 5 fully saturated rings. The van der Waals surface area contributed by atoms with Crippen LogP contribution in [-0.2, 0) is 47.7 Å². The highest BCUT2D eigenvalue weighted by Gasteiger charge is 2.50. The first-order valence-corrected chi connectivity index (χ1v) is 54.9. The van der Waals surface area contributed by atoms with Crippen LogP contribution in [0.5, 0.6) is 0 Å². The van der Waals surface area contributed by atoms with Crippen LogP contribution in [0.4, 0.5) is 0 Å². The lowest BCUT2D eigenvalue weighted by Crippen LogP contribution is -2.47. The molecule has 690 valence electrons. The highest BCUT2D eigenvalue weighted by atomic mass is 31.2. The van der Waals surface area contributed by atoms with Crippen molar-refractivity contribution in [1.29, 1.82) is 0 Å². The third kappa shape index (κ3) is 29.7. The van der Waals surface area contributed by atoms with Crippen LogP contribution in [0.25, 0.3) is 12.2 Å². The Morgan fingerprint density at radius 1 is 0.411 bits per heavy atom. The molecule has 0 saturated carbocycles. The number of ketones is 4. The quantitative estimate of drug-likeness (QED) is 0.0196. The van der Waals surface area contributed by atoms with E-state index in [1.807, 2.05) is 18.3 Å². The van der Waals surface area contributed by atoms with E-state index in [0.717, 1.165) is 50.7 Å². The zero-order chi connectivity index (χ0) is 93.8. The number of carbonyl (C=O) groups is 6. The van der Waals surface area contributed by atoms with Gasteiger partial charge < -0.3 is 95.2 Å². The summed E-state index contributed by atoms with van der Waals surface area (Å²) in [5, 5.41) is 108. The Labute approximate surface area is 719 Å². The predicted molar refractivity (Wildman–Crippen MR) is 489 cm³/mol. The second-order valence-electron chi connectivity index (χ2n) is 35.1. The third-order valence-corrected chi connectivity index (χ3v) is 27.7. The molecular weight excluding hydrogens is 1710 g/mol. The molecule has 10 rings (SSSR count). The average Bonchev–Trinajstić information content (AvgIpc) is 1.67. The van der Waals surface area contributed by atoms with Gasteiger partial charge in [0.15, 0.2) is 48.5 Å². The molecule has 7 aliphatic rings. The topological polar surface area (TPSA) is 546 Å². The van der Waals surface area contributed by atoms with Gasteiger partial charge in [0.25, 0.3) is 28.5 Å². The molecule has 3 aromatic rings. The number of aliphatic hydroxyl groups excluding tert-OH is 10. The largest absolute Gasteiger partial charge is 0.388 e. The number of aromatic amines is 3. The number of allylic oxidation sites excluding steroid dienone is 2. The normalized spacial score (nSPS) is 28.4. The third-order valence-electron chi connectivity index (χ3n) is 20.4. The van der Waals surface area contributed by atoms with Crippen molar-refractivity contribution < 1.29 is 104 Å². The molecule has 0 radical (unpaired) electrons. The minimum atomic E-state index is -1.42. The van der Waals surface area contributed by atoms with Crippen molar-refractivity contribution in [3.63, 3.8) is 0 Å². The van der Waals surface area contributed by atoms with Crippen LogP contribution in [0, 0.1) is 0 Å². The molecule has 5 saturated heterocycles. The van der Waals surface area contributed by atoms with E-state index < -0.39 is 209 Å². The Morgan fingerprint density at radius 3 is 0.976 bits per heavy atom. The fourth-order valence-corrected chi connectivity index (χ4v) is 18.2. The number of aromatic nitrogens is 6. The Bertz CT molecular complexity index is 5100. The monoisotopic (exact) mass is 1840 g/mol. The molecule has 0 spiro atoms. The number of carbonyl (C=O) groups excluding carboxylic acids is 6. The lowest BCUT2D eigenvalue weighted by molar-refractivity contribution is -0.120. The highest BCUT2D eigenvalue weighted by Crippen LogP contribution is 2.44. The van der Waals surface area contributed by atoms with E-state index in [9.17, 15) is 109 Å². The molecule has 5 unspecified atom stereocenters. The van der Waals surface area contributed by atoms with Gasteiger partial charge in [0.2, 0.25) is 0 Å². The fraction of sp³-hybridized carbons (Fsp3) is 0.549. The molecule has 0 aliphatic carbocycles. The summed E-state index contributed by atoms with van der Waals surface area (Å²) in [4.78, 5) is 150. The maximum absolute atomic E-state index is 12.2. The minimum absolute atomic E-state index is 0.0679. The van der Waals surface area contributed by atoms with Crippen LogP contribution in [0.15, 0.2) is 121 Å². The van der Waals surface area contributed by atoms with E-state index in [0.29, 0.717) is 54.9 Å². The summed E-state index contributed by atoms with van der Waals surface area (Å²) in [7, 11) is 0. The van der Waals surface area contributed by atoms with Crippen molar-refractivity contribution in [1.82, 2.24) is 49.1 Å². The molecule has 10 heterocycles. The number of ether oxygens (including phenoxy) is 5. The highest BCUT2D eigenvalue weighted by molar-refractivity contribution is 7.73. The summed E-state index contributed by atoms with van der Waals surface area (Å²) in [5.41, 5.74) is -4.07. The zero-order valence-corrected chi connectivity index (χ0v) is 77.1. The van der Waals surface area contributed by atoms with Crippen molar-refractivity contribution in [3.05, 3.63) is 171 Å². The van der Waals surface area contributed by atoms with Crippen molar-refractivity contribution >= 4 is 113 Å².